The van der Waals surface area contributed by atoms with Gasteiger partial charge in [-0.05, 0) is 68.0 Å². The molecule has 0 spiro atoms. The van der Waals surface area contributed by atoms with Gasteiger partial charge in [0.1, 0.15) is 10.6 Å². The summed E-state index contributed by atoms with van der Waals surface area (Å²) >= 11 is 0. The van der Waals surface area contributed by atoms with Gasteiger partial charge in [0.15, 0.2) is 21.4 Å². The van der Waals surface area contributed by atoms with Crippen molar-refractivity contribution in [1.29, 1.82) is 0 Å². The van der Waals surface area contributed by atoms with Crippen LogP contribution in [0.2, 0.25) is 0 Å². The van der Waals surface area contributed by atoms with Gasteiger partial charge in [0.2, 0.25) is 10.0 Å². The lowest BCUT2D eigenvalue weighted by Crippen LogP contribution is -2.63. The number of halogens is 5. The zero-order chi connectivity index (χ0) is 29.3. The molecule has 2 aromatic rings. The number of hydrogen-bond donors (Lipinski definition) is 2. The maximum absolute atomic E-state index is 15.5. The van der Waals surface area contributed by atoms with Crippen LogP contribution in [0.15, 0.2) is 41.3 Å². The fraction of sp³-hybridized carbons (Fsp3) is 0.480. The van der Waals surface area contributed by atoms with Gasteiger partial charge in [0.25, 0.3) is 0 Å². The quantitative estimate of drug-likeness (QED) is 0.491. The van der Waals surface area contributed by atoms with Crippen molar-refractivity contribution in [3.63, 3.8) is 0 Å². The molecule has 218 valence electrons. The van der Waals surface area contributed by atoms with Crippen molar-refractivity contribution in [2.75, 3.05) is 6.61 Å². The van der Waals surface area contributed by atoms with E-state index >= 15 is 4.39 Å². The third-order valence-electron chi connectivity index (χ3n) is 8.29. The molecular weight excluding hydrogens is 585 g/mol. The molecule has 15 heteroatoms. The normalized spacial score (nSPS) is 29.4. The largest absolute Gasteiger partial charge is 0.490 e. The van der Waals surface area contributed by atoms with Crippen LogP contribution in [0, 0.1) is 23.5 Å². The topological polar surface area (TPSA) is 127 Å². The van der Waals surface area contributed by atoms with Gasteiger partial charge in [-0.25, -0.2) is 30.3 Å². The summed E-state index contributed by atoms with van der Waals surface area (Å²) in [6.45, 7) is -0.443. The monoisotopic (exact) mass is 609 g/mol. The first-order valence-electron chi connectivity index (χ1n) is 12.4. The Bertz CT molecular complexity index is 1560. The number of alkyl halides is 3. The number of carboxylic acid groups (broad SMARTS) is 1. The molecule has 1 aliphatic carbocycles. The van der Waals surface area contributed by atoms with Gasteiger partial charge >= 0.3 is 12.1 Å². The molecule has 2 aromatic carbocycles. The summed E-state index contributed by atoms with van der Waals surface area (Å²) in [5, 5.41) is 7.88. The first kappa shape index (κ1) is 28.7. The van der Waals surface area contributed by atoms with Gasteiger partial charge in [0, 0.05) is 18.4 Å². The van der Waals surface area contributed by atoms with Gasteiger partial charge in [-0.3, -0.25) is 4.79 Å². The molecule has 2 aliphatic heterocycles. The summed E-state index contributed by atoms with van der Waals surface area (Å²) in [5.74, 6) is -5.90. The molecule has 0 bridgehead atoms. The molecule has 0 aromatic heterocycles. The summed E-state index contributed by atoms with van der Waals surface area (Å²) in [4.78, 5) is 10.6. The maximum atomic E-state index is 15.5. The zero-order valence-corrected chi connectivity index (χ0v) is 22.3. The van der Waals surface area contributed by atoms with Gasteiger partial charge in [-0.1, -0.05) is 0 Å². The minimum absolute atomic E-state index is 0.110. The molecule has 40 heavy (non-hydrogen) atoms. The van der Waals surface area contributed by atoms with E-state index in [4.69, 9.17) is 9.84 Å². The second-order valence-electron chi connectivity index (χ2n) is 10.3. The van der Waals surface area contributed by atoms with Crippen LogP contribution in [-0.2, 0) is 35.6 Å². The number of rotatable bonds is 5. The number of hydrogen-bond acceptors (Lipinski definition) is 6. The highest BCUT2D eigenvalue weighted by Gasteiger charge is 2.64. The van der Waals surface area contributed by atoms with Crippen LogP contribution in [-0.4, -0.2) is 45.8 Å². The minimum Gasteiger partial charge on any atom is -0.490 e. The number of carboxylic acids is 1. The van der Waals surface area contributed by atoms with E-state index in [0.717, 1.165) is 24.3 Å². The number of sulfonamides is 1. The molecule has 3 aliphatic rings. The van der Waals surface area contributed by atoms with Crippen LogP contribution >= 0.6 is 0 Å². The lowest BCUT2D eigenvalue weighted by molar-refractivity contribution is -0.138. The lowest BCUT2D eigenvalue weighted by Gasteiger charge is -2.54. The SMILES string of the molecule is O=C(O)CCC1C[C@@H]2[C@@H](CC[C@@]3(S(=O)(=O)c4ccc(C(F)(F)F)cc4)c4c(F)ccc(F)c4OC[C@@H]23)NS1(=O)=O. The third kappa shape index (κ3) is 4.45. The first-order chi connectivity index (χ1) is 18.6. The summed E-state index contributed by atoms with van der Waals surface area (Å²) in [5.41, 5.74) is -1.69. The van der Waals surface area contributed by atoms with E-state index in [1.165, 1.54) is 0 Å². The second-order valence-corrected chi connectivity index (χ2v) is 14.5. The number of ether oxygens (including phenoxy) is 1. The van der Waals surface area contributed by atoms with Crippen molar-refractivity contribution >= 4 is 25.8 Å². The number of benzene rings is 2. The van der Waals surface area contributed by atoms with Gasteiger partial charge in [-0.15, -0.1) is 0 Å². The average Bonchev–Trinajstić information content (AvgIpc) is 2.87. The van der Waals surface area contributed by atoms with Crippen molar-refractivity contribution in [3.05, 3.63) is 59.2 Å². The van der Waals surface area contributed by atoms with Gasteiger partial charge in [0.05, 0.1) is 27.9 Å². The first-order valence-corrected chi connectivity index (χ1v) is 15.4. The standard InChI is InChI=1S/C25H24F5NO7S2/c26-18-6-7-19(27)23-22(18)24(39(34,35)14-3-1-13(2-4-14)25(28,29)30)10-9-20-16(17(24)12-38-23)11-15(5-8-21(32)33)40(36,37)31-20/h1-4,6-7,15-17,20,31H,5,8-12H2,(H,32,33)/t15?,16-,17-,20+,24-/m0/s1. The van der Waals surface area contributed by atoms with Crippen LogP contribution in [0.4, 0.5) is 22.0 Å². The lowest BCUT2D eigenvalue weighted by atomic mass is 9.64. The number of sulfone groups is 1. The molecule has 2 fully saturated rings. The predicted octanol–water partition coefficient (Wildman–Crippen LogP) is 4.00. The highest BCUT2D eigenvalue weighted by Crippen LogP contribution is 2.59. The minimum atomic E-state index is -4.75. The van der Waals surface area contributed by atoms with Crippen LogP contribution in [0.3, 0.4) is 0 Å². The number of nitrogens with one attached hydrogen (secondary N) is 1. The van der Waals surface area contributed by atoms with E-state index in [0.29, 0.717) is 12.1 Å². The van der Waals surface area contributed by atoms with E-state index in [2.05, 4.69) is 4.72 Å². The van der Waals surface area contributed by atoms with Gasteiger partial charge in [-0.2, -0.15) is 13.2 Å². The Balaban J connectivity index is 1.67. The average molecular weight is 610 g/mol. The van der Waals surface area contributed by atoms with Crippen molar-refractivity contribution in [2.24, 2.45) is 11.8 Å². The molecule has 5 atom stereocenters. The van der Waals surface area contributed by atoms with Crippen molar-refractivity contribution in [3.8, 4) is 5.75 Å². The highest BCUT2D eigenvalue weighted by molar-refractivity contribution is 7.92. The second kappa shape index (κ2) is 9.65. The summed E-state index contributed by atoms with van der Waals surface area (Å²) < 4.78 is 130. The van der Waals surface area contributed by atoms with E-state index in [-0.39, 0.29) is 25.7 Å². The van der Waals surface area contributed by atoms with Crippen molar-refractivity contribution < 1.29 is 53.4 Å². The van der Waals surface area contributed by atoms with Gasteiger partial charge < -0.3 is 9.84 Å². The Morgan fingerprint density at radius 3 is 2.38 bits per heavy atom. The van der Waals surface area contributed by atoms with Crippen LogP contribution in [0.1, 0.15) is 43.2 Å². The Hall–Kier alpha value is -2.78. The fourth-order valence-electron chi connectivity index (χ4n) is 6.48. The smallest absolute Gasteiger partial charge is 0.416 e. The van der Waals surface area contributed by atoms with Crippen LogP contribution < -0.4 is 9.46 Å². The fourth-order valence-corrected chi connectivity index (χ4v) is 10.7. The number of fused-ring (bicyclic) bond motifs is 5. The Morgan fingerprint density at radius 2 is 1.75 bits per heavy atom. The number of carbonyl (C=O) groups is 1. The molecule has 8 nitrogen and oxygen atoms in total. The maximum Gasteiger partial charge on any atom is 0.416 e. The van der Waals surface area contributed by atoms with E-state index in [9.17, 15) is 39.2 Å². The summed E-state index contributed by atoms with van der Waals surface area (Å²) in [7, 11) is -8.72. The predicted molar refractivity (Wildman–Crippen MR) is 129 cm³/mol. The van der Waals surface area contributed by atoms with Crippen LogP contribution in [0.25, 0.3) is 0 Å². The van der Waals surface area contributed by atoms with E-state index in [1.807, 2.05) is 0 Å². The zero-order valence-electron chi connectivity index (χ0n) is 20.6. The van der Waals surface area contributed by atoms with Crippen molar-refractivity contribution in [2.45, 2.75) is 59.2 Å². The Kier molecular flexibility index (Phi) is 6.94. The molecule has 0 radical (unpaired) electrons. The summed E-state index contributed by atoms with van der Waals surface area (Å²) in [6.07, 6.45) is -6.13. The molecule has 2 N–H and O–H groups in total. The highest BCUT2D eigenvalue weighted by atomic mass is 32.2. The van der Waals surface area contributed by atoms with Crippen LogP contribution in [0.5, 0.6) is 5.75 Å². The number of aliphatic carboxylic acids is 1. The Labute approximate surface area is 226 Å². The molecule has 5 rings (SSSR count). The molecule has 1 unspecified atom stereocenters. The van der Waals surface area contributed by atoms with E-state index < -0.39 is 106 Å². The molecule has 2 heterocycles. The molecule has 1 saturated heterocycles. The molecular formula is C25H24F5NO7S2. The molecule has 0 amide bonds. The van der Waals surface area contributed by atoms with E-state index in [1.54, 1.807) is 0 Å². The summed E-state index contributed by atoms with van der Waals surface area (Å²) in [6, 6.07) is 3.42. The van der Waals surface area contributed by atoms with Crippen molar-refractivity contribution in [1.82, 2.24) is 4.72 Å². The third-order valence-corrected chi connectivity index (χ3v) is 12.8. The molecule has 1 saturated carbocycles. The Morgan fingerprint density at radius 1 is 1.10 bits per heavy atom.